The summed E-state index contributed by atoms with van der Waals surface area (Å²) in [6.45, 7) is 0.595. The van der Waals surface area contributed by atoms with Crippen molar-refractivity contribution in [3.63, 3.8) is 0 Å². The predicted octanol–water partition coefficient (Wildman–Crippen LogP) is 3.60. The Labute approximate surface area is 155 Å². The van der Waals surface area contributed by atoms with Gasteiger partial charge in [-0.3, -0.25) is 0 Å². The quantitative estimate of drug-likeness (QED) is 0.646. The van der Waals surface area contributed by atoms with E-state index in [2.05, 4.69) is 91.0 Å². The van der Waals surface area contributed by atoms with Crippen molar-refractivity contribution in [2.75, 3.05) is 12.8 Å². The summed E-state index contributed by atoms with van der Waals surface area (Å²) in [7, 11) is -2.25. The van der Waals surface area contributed by atoms with Crippen LogP contribution in [0.3, 0.4) is 0 Å². The monoisotopic (exact) mass is 362 g/mol. The number of hydrogen-bond donors (Lipinski definition) is 0. The average Bonchev–Trinajstić information content (AvgIpc) is 2.75. The molecule has 1 unspecified atom stereocenters. The fourth-order valence-electron chi connectivity index (χ4n) is 3.85. The third kappa shape index (κ3) is 3.25. The summed E-state index contributed by atoms with van der Waals surface area (Å²) >= 11 is 0. The molecule has 26 heavy (non-hydrogen) atoms. The first-order valence-corrected chi connectivity index (χ1v) is 11.2. The number of rotatable bonds is 5. The number of benzene rings is 3. The standard InChI is InChI=1S/C23H23O2P/c1-4-10-21(11-5-1)26(22-12-6-2-7-13-22,23-14-8-3-9-15-23)19-20-18-24-16-17-25-20/h1-17,20,26H,18-19H2. The van der Waals surface area contributed by atoms with Gasteiger partial charge in [-0.25, -0.2) is 0 Å². The van der Waals surface area contributed by atoms with Gasteiger partial charge in [0, 0.05) is 0 Å². The first-order chi connectivity index (χ1) is 12.9. The van der Waals surface area contributed by atoms with Crippen LogP contribution in [0.5, 0.6) is 0 Å². The molecule has 0 saturated carbocycles. The summed E-state index contributed by atoms with van der Waals surface area (Å²) in [6, 6.07) is 32.7. The first-order valence-electron chi connectivity index (χ1n) is 8.98. The summed E-state index contributed by atoms with van der Waals surface area (Å²) in [5, 5.41) is 4.20. The van der Waals surface area contributed by atoms with Crippen LogP contribution in [0.2, 0.25) is 0 Å². The van der Waals surface area contributed by atoms with E-state index in [-0.39, 0.29) is 6.10 Å². The van der Waals surface area contributed by atoms with Crippen molar-refractivity contribution in [2.45, 2.75) is 6.10 Å². The van der Waals surface area contributed by atoms with E-state index >= 15 is 0 Å². The summed E-state index contributed by atoms with van der Waals surface area (Å²) in [5.41, 5.74) is 0. The van der Waals surface area contributed by atoms with E-state index in [1.165, 1.54) is 15.9 Å². The molecule has 132 valence electrons. The second-order valence-electron chi connectivity index (χ2n) is 6.57. The van der Waals surface area contributed by atoms with E-state index in [0.29, 0.717) is 6.61 Å². The zero-order valence-electron chi connectivity index (χ0n) is 14.6. The minimum absolute atomic E-state index is 0.0484. The summed E-state index contributed by atoms with van der Waals surface area (Å²) in [4.78, 5) is 0. The molecule has 0 aliphatic carbocycles. The summed E-state index contributed by atoms with van der Waals surface area (Å²) < 4.78 is 11.5. The van der Waals surface area contributed by atoms with Crippen molar-refractivity contribution in [3.05, 3.63) is 104 Å². The molecule has 0 amide bonds. The predicted molar refractivity (Wildman–Crippen MR) is 111 cm³/mol. The Hall–Kier alpha value is -2.57. The normalized spacial score (nSPS) is 17.2. The van der Waals surface area contributed by atoms with E-state index in [1.54, 1.807) is 12.5 Å². The fraction of sp³-hybridized carbons (Fsp3) is 0.130. The third-order valence-corrected chi connectivity index (χ3v) is 10.1. The second-order valence-corrected chi connectivity index (χ2v) is 10.5. The topological polar surface area (TPSA) is 18.5 Å². The third-order valence-electron chi connectivity index (χ3n) is 5.04. The molecule has 2 nitrogen and oxygen atoms in total. The molecule has 1 aliphatic rings. The molecule has 1 atom stereocenters. The van der Waals surface area contributed by atoms with E-state index in [0.717, 1.165) is 6.16 Å². The molecular formula is C23H23O2P. The van der Waals surface area contributed by atoms with Crippen LogP contribution in [0.4, 0.5) is 0 Å². The fourth-order valence-corrected chi connectivity index (χ4v) is 8.74. The van der Waals surface area contributed by atoms with Crippen LogP contribution in [0.15, 0.2) is 104 Å². The van der Waals surface area contributed by atoms with Crippen LogP contribution < -0.4 is 15.9 Å². The Morgan fingerprint density at radius 2 is 1.12 bits per heavy atom. The summed E-state index contributed by atoms with van der Waals surface area (Å²) in [5.74, 6) is 0. The molecular weight excluding hydrogens is 339 g/mol. The van der Waals surface area contributed by atoms with Crippen LogP contribution >= 0.6 is 7.26 Å². The van der Waals surface area contributed by atoms with E-state index in [4.69, 9.17) is 9.47 Å². The van der Waals surface area contributed by atoms with E-state index < -0.39 is 7.26 Å². The maximum atomic E-state index is 5.93. The van der Waals surface area contributed by atoms with Crippen molar-refractivity contribution in [1.82, 2.24) is 0 Å². The van der Waals surface area contributed by atoms with E-state index in [1.807, 2.05) is 0 Å². The van der Waals surface area contributed by atoms with Gasteiger partial charge in [-0.05, 0) is 0 Å². The Bertz CT molecular complexity index is 750. The molecule has 0 spiro atoms. The van der Waals surface area contributed by atoms with Crippen LogP contribution in [-0.4, -0.2) is 18.9 Å². The molecule has 0 aromatic heterocycles. The molecule has 3 aromatic rings. The SMILES string of the molecule is C1=COC(C[PH](c2ccccc2)(c2ccccc2)c2ccccc2)CO1. The van der Waals surface area contributed by atoms with Gasteiger partial charge < -0.3 is 0 Å². The van der Waals surface area contributed by atoms with Crippen LogP contribution in [0.25, 0.3) is 0 Å². The Kier molecular flexibility index (Phi) is 5.04. The van der Waals surface area contributed by atoms with Crippen molar-refractivity contribution < 1.29 is 9.47 Å². The van der Waals surface area contributed by atoms with Gasteiger partial charge in [-0.1, -0.05) is 0 Å². The zero-order valence-corrected chi connectivity index (χ0v) is 15.6. The van der Waals surface area contributed by atoms with Crippen molar-refractivity contribution in [2.24, 2.45) is 0 Å². The van der Waals surface area contributed by atoms with Gasteiger partial charge in [0.1, 0.15) is 0 Å². The maximum absolute atomic E-state index is 5.93. The molecule has 4 rings (SSSR count). The Morgan fingerprint density at radius 3 is 1.50 bits per heavy atom. The molecule has 0 bridgehead atoms. The van der Waals surface area contributed by atoms with Gasteiger partial charge in [0.05, 0.1) is 0 Å². The molecule has 3 aromatic carbocycles. The van der Waals surface area contributed by atoms with Gasteiger partial charge in [-0.2, -0.15) is 0 Å². The van der Waals surface area contributed by atoms with Gasteiger partial charge in [0.25, 0.3) is 0 Å². The molecule has 0 radical (unpaired) electrons. The van der Waals surface area contributed by atoms with Gasteiger partial charge in [0.2, 0.25) is 0 Å². The van der Waals surface area contributed by atoms with Gasteiger partial charge in [-0.15, -0.1) is 0 Å². The summed E-state index contributed by atoms with van der Waals surface area (Å²) in [6.07, 6.45) is 4.30. The first kappa shape index (κ1) is 16.9. The van der Waals surface area contributed by atoms with Gasteiger partial charge in [0.15, 0.2) is 0 Å². The molecule has 0 N–H and O–H groups in total. The van der Waals surface area contributed by atoms with Crippen LogP contribution in [0, 0.1) is 0 Å². The van der Waals surface area contributed by atoms with Crippen LogP contribution in [-0.2, 0) is 9.47 Å². The van der Waals surface area contributed by atoms with Crippen molar-refractivity contribution in [3.8, 4) is 0 Å². The van der Waals surface area contributed by atoms with Crippen molar-refractivity contribution >= 4 is 23.2 Å². The molecule has 1 aliphatic heterocycles. The Balaban J connectivity index is 1.92. The Morgan fingerprint density at radius 1 is 0.654 bits per heavy atom. The number of hydrogen-bond acceptors (Lipinski definition) is 2. The van der Waals surface area contributed by atoms with Crippen LogP contribution in [0.1, 0.15) is 0 Å². The average molecular weight is 362 g/mol. The van der Waals surface area contributed by atoms with Gasteiger partial charge >= 0.3 is 155 Å². The van der Waals surface area contributed by atoms with E-state index in [9.17, 15) is 0 Å². The second kappa shape index (κ2) is 7.76. The molecule has 3 heteroatoms. The van der Waals surface area contributed by atoms with Crippen molar-refractivity contribution in [1.29, 1.82) is 0 Å². The molecule has 1 heterocycles. The molecule has 0 saturated heterocycles. The minimum atomic E-state index is -2.25. The molecule has 0 fully saturated rings. The zero-order chi connectivity index (χ0) is 17.7. The number of ether oxygens (including phenoxy) is 2.